The molecule has 0 atom stereocenters. The average Bonchev–Trinajstić information content (AvgIpc) is 2.64. The van der Waals surface area contributed by atoms with E-state index in [0.29, 0.717) is 35.3 Å². The van der Waals surface area contributed by atoms with Gasteiger partial charge in [-0.2, -0.15) is 0 Å². The first-order chi connectivity index (χ1) is 13.6. The van der Waals surface area contributed by atoms with Gasteiger partial charge in [-0.3, -0.25) is 19.2 Å². The highest BCUT2D eigenvalue weighted by atomic mass is 16.5. The molecule has 7 heteroatoms. The topological polar surface area (TPSA) is 113 Å². The van der Waals surface area contributed by atoms with E-state index in [1.54, 1.807) is 27.7 Å². The fraction of sp³-hybridized carbons (Fsp3) is 0.545. The fourth-order valence-corrected chi connectivity index (χ4v) is 3.34. The zero-order valence-corrected chi connectivity index (χ0v) is 17.8. The normalized spacial score (nSPS) is 14.9. The summed E-state index contributed by atoms with van der Waals surface area (Å²) in [6.07, 6.45) is 2.11. The van der Waals surface area contributed by atoms with Crippen molar-refractivity contribution in [3.63, 3.8) is 0 Å². The van der Waals surface area contributed by atoms with Gasteiger partial charge in [-0.25, -0.2) is 0 Å². The number of ketones is 2. The van der Waals surface area contributed by atoms with Gasteiger partial charge >= 0.3 is 11.9 Å². The number of carbonyl (C=O) groups is 4. The van der Waals surface area contributed by atoms with Crippen molar-refractivity contribution in [2.75, 3.05) is 19.8 Å². The number of hydrogen-bond acceptors (Lipinski definition) is 7. The van der Waals surface area contributed by atoms with Crippen LogP contribution < -0.4 is 5.73 Å². The zero-order valence-electron chi connectivity index (χ0n) is 17.8. The number of carbonyl (C=O) groups excluding carboxylic acids is 4. The number of allylic oxidation sites excluding steroid dienone is 4. The van der Waals surface area contributed by atoms with Crippen molar-refractivity contribution < 1.29 is 28.7 Å². The Hall–Kier alpha value is -2.54. The number of nitrogens with two attached hydrogens (primary N) is 1. The van der Waals surface area contributed by atoms with Crippen LogP contribution in [0.5, 0.6) is 0 Å². The van der Waals surface area contributed by atoms with Gasteiger partial charge in [0.1, 0.15) is 6.61 Å². The SMILES string of the molecule is C=CCOC(=O)CCC1=C(C)C(=O)C(C(C)(C)CC(=O)OCCCN)=C(C)C1=O. The third-order valence-electron chi connectivity index (χ3n) is 4.83. The van der Waals surface area contributed by atoms with Gasteiger partial charge in [0.15, 0.2) is 11.6 Å². The molecule has 160 valence electrons. The molecule has 0 saturated heterocycles. The maximum absolute atomic E-state index is 13.0. The lowest BCUT2D eigenvalue weighted by molar-refractivity contribution is -0.146. The predicted molar refractivity (Wildman–Crippen MR) is 109 cm³/mol. The van der Waals surface area contributed by atoms with Gasteiger partial charge < -0.3 is 15.2 Å². The summed E-state index contributed by atoms with van der Waals surface area (Å²) in [6.45, 7) is 10.9. The lowest BCUT2D eigenvalue weighted by atomic mass is 9.70. The minimum atomic E-state index is -0.869. The fourth-order valence-electron chi connectivity index (χ4n) is 3.34. The molecule has 0 bridgehead atoms. The summed E-state index contributed by atoms with van der Waals surface area (Å²) in [5.41, 5.74) is 5.75. The molecule has 0 unspecified atom stereocenters. The van der Waals surface area contributed by atoms with Crippen molar-refractivity contribution in [3.05, 3.63) is 34.9 Å². The molecule has 0 aromatic rings. The molecule has 0 fully saturated rings. The smallest absolute Gasteiger partial charge is 0.306 e. The van der Waals surface area contributed by atoms with Crippen LogP contribution in [0.25, 0.3) is 0 Å². The summed E-state index contributed by atoms with van der Waals surface area (Å²) in [4.78, 5) is 49.8. The van der Waals surface area contributed by atoms with Crippen LogP contribution in [0.15, 0.2) is 34.9 Å². The van der Waals surface area contributed by atoms with E-state index in [9.17, 15) is 19.2 Å². The minimum Gasteiger partial charge on any atom is -0.466 e. The number of Topliss-reactive ketones (excluding diaryl/α,β-unsaturated/α-hetero) is 2. The Kier molecular flexibility index (Phi) is 9.17. The molecule has 1 aliphatic carbocycles. The Morgan fingerprint density at radius 1 is 1.07 bits per heavy atom. The van der Waals surface area contributed by atoms with Crippen LogP contribution in [0.3, 0.4) is 0 Å². The monoisotopic (exact) mass is 405 g/mol. The molecule has 1 rings (SSSR count). The summed E-state index contributed by atoms with van der Waals surface area (Å²) in [5.74, 6) is -1.46. The maximum Gasteiger partial charge on any atom is 0.306 e. The van der Waals surface area contributed by atoms with Crippen LogP contribution in [-0.2, 0) is 28.7 Å². The molecule has 29 heavy (non-hydrogen) atoms. The van der Waals surface area contributed by atoms with Crippen molar-refractivity contribution in [3.8, 4) is 0 Å². The van der Waals surface area contributed by atoms with Crippen molar-refractivity contribution in [2.45, 2.75) is 53.4 Å². The Bertz CT molecular complexity index is 757. The second-order valence-electron chi connectivity index (χ2n) is 7.66. The Morgan fingerprint density at radius 2 is 1.72 bits per heavy atom. The molecule has 0 saturated carbocycles. The second-order valence-corrected chi connectivity index (χ2v) is 7.66. The van der Waals surface area contributed by atoms with E-state index < -0.39 is 17.4 Å². The molecule has 0 aromatic heterocycles. The van der Waals surface area contributed by atoms with Crippen molar-refractivity contribution in [2.24, 2.45) is 11.1 Å². The summed E-state index contributed by atoms with van der Waals surface area (Å²) in [7, 11) is 0. The Morgan fingerprint density at radius 3 is 2.31 bits per heavy atom. The van der Waals surface area contributed by atoms with Crippen LogP contribution in [0.2, 0.25) is 0 Å². The number of ether oxygens (including phenoxy) is 2. The Labute approximate surface area is 172 Å². The van der Waals surface area contributed by atoms with Gasteiger partial charge in [-0.05, 0) is 33.2 Å². The third-order valence-corrected chi connectivity index (χ3v) is 4.83. The zero-order chi connectivity index (χ0) is 22.2. The van der Waals surface area contributed by atoms with Crippen LogP contribution in [-0.4, -0.2) is 43.3 Å². The van der Waals surface area contributed by atoms with E-state index in [1.807, 2.05) is 0 Å². The molecule has 2 N–H and O–H groups in total. The molecule has 0 amide bonds. The van der Waals surface area contributed by atoms with Crippen LogP contribution in [0, 0.1) is 5.41 Å². The number of esters is 2. The quantitative estimate of drug-likeness (QED) is 0.243. The number of rotatable bonds is 11. The van der Waals surface area contributed by atoms with E-state index in [2.05, 4.69) is 6.58 Å². The second kappa shape index (κ2) is 10.9. The van der Waals surface area contributed by atoms with Crippen molar-refractivity contribution in [1.29, 1.82) is 0 Å². The van der Waals surface area contributed by atoms with Crippen LogP contribution >= 0.6 is 0 Å². The number of hydrogen-bond donors (Lipinski definition) is 1. The first-order valence-corrected chi connectivity index (χ1v) is 9.69. The van der Waals surface area contributed by atoms with E-state index in [-0.39, 0.29) is 44.0 Å². The minimum absolute atomic E-state index is 0.000984. The highest BCUT2D eigenvalue weighted by Crippen LogP contribution is 2.39. The molecule has 0 radical (unpaired) electrons. The van der Waals surface area contributed by atoms with Gasteiger partial charge in [0.25, 0.3) is 0 Å². The molecular formula is C22H31NO6. The summed E-state index contributed by atoms with van der Waals surface area (Å²) < 4.78 is 10.1. The van der Waals surface area contributed by atoms with Gasteiger partial charge in [0.05, 0.1) is 13.0 Å². The standard InChI is InChI=1S/C22H31NO6/c1-6-11-28-17(24)9-8-16-14(2)21(27)19(15(3)20(16)26)22(4,5)13-18(25)29-12-7-10-23/h6H,1,7-13,23H2,2-5H3. The summed E-state index contributed by atoms with van der Waals surface area (Å²) in [5, 5.41) is 0. The molecule has 1 aliphatic rings. The highest BCUT2D eigenvalue weighted by Gasteiger charge is 2.39. The van der Waals surface area contributed by atoms with E-state index in [4.69, 9.17) is 15.2 Å². The first-order valence-electron chi connectivity index (χ1n) is 9.69. The average molecular weight is 405 g/mol. The predicted octanol–water partition coefficient (Wildman–Crippen LogP) is 2.59. The van der Waals surface area contributed by atoms with Gasteiger partial charge in [-0.1, -0.05) is 26.5 Å². The van der Waals surface area contributed by atoms with Crippen LogP contribution in [0.1, 0.15) is 53.4 Å². The van der Waals surface area contributed by atoms with Gasteiger partial charge in [0.2, 0.25) is 0 Å². The van der Waals surface area contributed by atoms with Crippen molar-refractivity contribution >= 4 is 23.5 Å². The summed E-state index contributed by atoms with van der Waals surface area (Å²) in [6, 6.07) is 0. The molecule has 0 aromatic carbocycles. The van der Waals surface area contributed by atoms with E-state index >= 15 is 0 Å². The van der Waals surface area contributed by atoms with Gasteiger partial charge in [-0.15, -0.1) is 0 Å². The van der Waals surface area contributed by atoms with E-state index in [1.165, 1.54) is 6.08 Å². The maximum atomic E-state index is 13.0. The molecule has 0 aliphatic heterocycles. The molecule has 0 heterocycles. The first kappa shape index (κ1) is 24.5. The van der Waals surface area contributed by atoms with E-state index in [0.717, 1.165) is 0 Å². The van der Waals surface area contributed by atoms with Gasteiger partial charge in [0, 0.05) is 34.1 Å². The van der Waals surface area contributed by atoms with Crippen LogP contribution in [0.4, 0.5) is 0 Å². The molecular weight excluding hydrogens is 374 g/mol. The largest absolute Gasteiger partial charge is 0.466 e. The molecule has 7 nitrogen and oxygen atoms in total. The van der Waals surface area contributed by atoms with Crippen molar-refractivity contribution in [1.82, 2.24) is 0 Å². The lowest BCUT2D eigenvalue weighted by Gasteiger charge is -2.31. The Balaban J connectivity index is 2.97. The molecule has 0 spiro atoms. The summed E-state index contributed by atoms with van der Waals surface area (Å²) >= 11 is 0. The lowest BCUT2D eigenvalue weighted by Crippen LogP contribution is -2.32. The third kappa shape index (κ3) is 6.49. The highest BCUT2D eigenvalue weighted by molar-refractivity contribution is 6.25.